The van der Waals surface area contributed by atoms with Crippen LogP contribution < -0.4 is 10.9 Å². The zero-order chi connectivity index (χ0) is 15.5. The van der Waals surface area contributed by atoms with Crippen LogP contribution in [0.5, 0.6) is 0 Å². The maximum absolute atomic E-state index is 12.0. The number of fused-ring (bicyclic) bond motifs is 1. The van der Waals surface area contributed by atoms with E-state index < -0.39 is 0 Å². The molecule has 2 heterocycles. The minimum absolute atomic E-state index is 0.0977. The van der Waals surface area contributed by atoms with Gasteiger partial charge in [0.05, 0.1) is 0 Å². The van der Waals surface area contributed by atoms with Crippen LogP contribution in [-0.4, -0.2) is 15.5 Å². The lowest BCUT2D eigenvalue weighted by molar-refractivity contribution is -0.116. The minimum Gasteiger partial charge on any atom is -0.359 e. The van der Waals surface area contributed by atoms with E-state index >= 15 is 0 Å². The zero-order valence-corrected chi connectivity index (χ0v) is 12.3. The van der Waals surface area contributed by atoms with Crippen molar-refractivity contribution < 1.29 is 4.79 Å². The number of anilines is 1. The fourth-order valence-corrected chi connectivity index (χ4v) is 2.45. The molecule has 3 aromatic rings. The first-order valence-electron chi connectivity index (χ1n) is 7.16. The molecule has 1 amide bonds. The van der Waals surface area contributed by atoms with Gasteiger partial charge < -0.3 is 14.9 Å². The van der Waals surface area contributed by atoms with Gasteiger partial charge in [0.15, 0.2) is 0 Å². The quantitative estimate of drug-likeness (QED) is 0.777. The van der Waals surface area contributed by atoms with Crippen molar-refractivity contribution in [1.82, 2.24) is 9.55 Å². The molecule has 3 rings (SSSR count). The summed E-state index contributed by atoms with van der Waals surface area (Å²) in [7, 11) is 0. The maximum atomic E-state index is 12.0. The summed E-state index contributed by atoms with van der Waals surface area (Å²) < 4.78 is 1.53. The van der Waals surface area contributed by atoms with Gasteiger partial charge in [0.1, 0.15) is 0 Å². The molecule has 112 valence electrons. The van der Waals surface area contributed by atoms with Gasteiger partial charge >= 0.3 is 0 Å². The van der Waals surface area contributed by atoms with Crippen molar-refractivity contribution in [2.45, 2.75) is 19.9 Å². The van der Waals surface area contributed by atoms with Crippen molar-refractivity contribution in [3.63, 3.8) is 0 Å². The van der Waals surface area contributed by atoms with Crippen LogP contribution in [0.4, 0.5) is 5.69 Å². The number of hydrogen-bond donors (Lipinski definition) is 2. The lowest BCUT2D eigenvalue weighted by Crippen LogP contribution is -2.21. The van der Waals surface area contributed by atoms with Gasteiger partial charge in [-0.05, 0) is 37.3 Å². The van der Waals surface area contributed by atoms with Gasteiger partial charge in [0.25, 0.3) is 5.56 Å². The zero-order valence-electron chi connectivity index (χ0n) is 12.3. The molecule has 0 radical (unpaired) electrons. The third-order valence-electron chi connectivity index (χ3n) is 3.52. The van der Waals surface area contributed by atoms with Crippen LogP contribution in [0.25, 0.3) is 10.9 Å². The molecule has 2 aromatic heterocycles. The van der Waals surface area contributed by atoms with Crippen molar-refractivity contribution in [1.29, 1.82) is 0 Å². The summed E-state index contributed by atoms with van der Waals surface area (Å²) in [6.45, 7) is 2.37. The predicted molar refractivity (Wildman–Crippen MR) is 87.0 cm³/mol. The van der Waals surface area contributed by atoms with E-state index in [4.69, 9.17) is 0 Å². The van der Waals surface area contributed by atoms with Gasteiger partial charge in [-0.25, -0.2) is 0 Å². The highest BCUT2D eigenvalue weighted by Crippen LogP contribution is 2.19. The first-order chi connectivity index (χ1) is 10.6. The summed E-state index contributed by atoms with van der Waals surface area (Å²) >= 11 is 0. The number of benzene rings is 1. The molecular formula is C17H17N3O2. The number of amides is 1. The Morgan fingerprint density at radius 1 is 1.23 bits per heavy atom. The molecule has 0 saturated carbocycles. The van der Waals surface area contributed by atoms with Crippen molar-refractivity contribution in [3.05, 3.63) is 64.7 Å². The Hall–Kier alpha value is -2.82. The summed E-state index contributed by atoms with van der Waals surface area (Å²) in [6, 6.07) is 12.7. The van der Waals surface area contributed by atoms with E-state index in [1.807, 2.05) is 31.2 Å². The minimum atomic E-state index is -0.109. The molecule has 0 unspecified atom stereocenters. The van der Waals surface area contributed by atoms with Crippen molar-refractivity contribution in [3.8, 4) is 0 Å². The normalized spacial score (nSPS) is 10.8. The summed E-state index contributed by atoms with van der Waals surface area (Å²) in [5.41, 5.74) is 2.80. The van der Waals surface area contributed by atoms with Crippen LogP contribution in [0.3, 0.4) is 0 Å². The molecule has 5 heteroatoms. The number of carbonyl (C=O) groups excluding carboxylic acids is 1. The molecule has 2 N–H and O–H groups in total. The van der Waals surface area contributed by atoms with E-state index in [1.54, 1.807) is 18.3 Å². The number of rotatable bonds is 4. The average Bonchev–Trinajstić information content (AvgIpc) is 2.86. The van der Waals surface area contributed by atoms with Crippen molar-refractivity contribution >= 4 is 22.5 Å². The molecule has 0 aliphatic carbocycles. The average molecular weight is 295 g/mol. The van der Waals surface area contributed by atoms with Crippen LogP contribution >= 0.6 is 0 Å². The Bertz CT molecular complexity index is 877. The smallest absolute Gasteiger partial charge is 0.250 e. The lowest BCUT2D eigenvalue weighted by atomic mass is 10.2. The Labute approximate surface area is 127 Å². The summed E-state index contributed by atoms with van der Waals surface area (Å²) in [5.74, 6) is -0.109. The maximum Gasteiger partial charge on any atom is 0.250 e. The van der Waals surface area contributed by atoms with E-state index in [2.05, 4.69) is 10.3 Å². The van der Waals surface area contributed by atoms with Gasteiger partial charge in [-0.2, -0.15) is 0 Å². The van der Waals surface area contributed by atoms with Crippen molar-refractivity contribution in [2.24, 2.45) is 0 Å². The van der Waals surface area contributed by atoms with E-state index in [0.717, 1.165) is 22.3 Å². The Kier molecular flexibility index (Phi) is 3.78. The third kappa shape index (κ3) is 3.09. The van der Waals surface area contributed by atoms with Crippen LogP contribution in [0.1, 0.15) is 12.1 Å². The molecule has 0 aliphatic rings. The van der Waals surface area contributed by atoms with E-state index in [9.17, 15) is 9.59 Å². The van der Waals surface area contributed by atoms with E-state index in [-0.39, 0.29) is 17.9 Å². The number of nitrogens with one attached hydrogen (secondary N) is 2. The number of aromatic nitrogens is 2. The second-order valence-corrected chi connectivity index (χ2v) is 5.28. The molecular weight excluding hydrogens is 278 g/mol. The Morgan fingerprint density at radius 2 is 2.09 bits per heavy atom. The second-order valence-electron chi connectivity index (χ2n) is 5.28. The highest BCUT2D eigenvalue weighted by molar-refractivity contribution is 5.93. The summed E-state index contributed by atoms with van der Waals surface area (Å²) in [5, 5.41) is 3.93. The summed E-state index contributed by atoms with van der Waals surface area (Å²) in [6.07, 6.45) is 1.94. The fraction of sp³-hybridized carbons (Fsp3) is 0.176. The number of nitrogens with zero attached hydrogens (tertiary/aromatic N) is 1. The number of hydrogen-bond acceptors (Lipinski definition) is 2. The van der Waals surface area contributed by atoms with Crippen LogP contribution in [0.15, 0.2) is 53.5 Å². The molecule has 22 heavy (non-hydrogen) atoms. The number of aryl methyl sites for hydroxylation is 2. The number of pyridine rings is 1. The molecule has 0 bridgehead atoms. The summed E-state index contributed by atoms with van der Waals surface area (Å²) in [4.78, 5) is 26.8. The van der Waals surface area contributed by atoms with Crippen molar-refractivity contribution in [2.75, 3.05) is 5.32 Å². The molecule has 0 aliphatic heterocycles. The highest BCUT2D eigenvalue weighted by atomic mass is 16.1. The van der Waals surface area contributed by atoms with Crippen LogP contribution in [0, 0.1) is 6.92 Å². The molecule has 0 fully saturated rings. The monoisotopic (exact) mass is 295 g/mol. The largest absolute Gasteiger partial charge is 0.359 e. The SMILES string of the molecule is Cc1cc2cc(NC(=O)CCn3ccccc3=O)ccc2[nH]1. The Morgan fingerprint density at radius 3 is 2.91 bits per heavy atom. The van der Waals surface area contributed by atoms with Crippen LogP contribution in [-0.2, 0) is 11.3 Å². The first kappa shape index (κ1) is 14.1. The number of aromatic amines is 1. The predicted octanol–water partition coefficient (Wildman–Crippen LogP) is 2.67. The standard InChI is InChI=1S/C17H17N3O2/c1-12-10-13-11-14(5-6-15(13)18-12)19-16(21)7-9-20-8-3-2-4-17(20)22/h2-6,8,10-11,18H,7,9H2,1H3,(H,19,21). The van der Waals surface area contributed by atoms with Gasteiger partial charge in [0.2, 0.25) is 5.91 Å². The van der Waals surface area contributed by atoms with Gasteiger partial charge in [-0.3, -0.25) is 9.59 Å². The van der Waals surface area contributed by atoms with Crippen LogP contribution in [0.2, 0.25) is 0 Å². The molecule has 0 atom stereocenters. The number of H-pyrrole nitrogens is 1. The van der Waals surface area contributed by atoms with E-state index in [1.165, 1.54) is 10.6 Å². The fourth-order valence-electron chi connectivity index (χ4n) is 2.45. The van der Waals surface area contributed by atoms with E-state index in [0.29, 0.717) is 6.54 Å². The van der Waals surface area contributed by atoms with Gasteiger partial charge in [0, 0.05) is 47.5 Å². The molecule has 1 aromatic carbocycles. The molecule has 0 spiro atoms. The molecule has 5 nitrogen and oxygen atoms in total. The topological polar surface area (TPSA) is 66.9 Å². The van der Waals surface area contributed by atoms with Gasteiger partial charge in [-0.15, -0.1) is 0 Å². The Balaban J connectivity index is 1.65. The number of carbonyl (C=O) groups is 1. The second kappa shape index (κ2) is 5.89. The lowest BCUT2D eigenvalue weighted by Gasteiger charge is -2.07. The van der Waals surface area contributed by atoms with Gasteiger partial charge in [-0.1, -0.05) is 6.07 Å². The molecule has 0 saturated heterocycles. The third-order valence-corrected chi connectivity index (χ3v) is 3.52. The highest BCUT2D eigenvalue weighted by Gasteiger charge is 2.05. The first-order valence-corrected chi connectivity index (χ1v) is 7.16.